The highest BCUT2D eigenvalue weighted by molar-refractivity contribution is 5.59. The van der Waals surface area contributed by atoms with Gasteiger partial charge in [-0.05, 0) is 38.1 Å². The van der Waals surface area contributed by atoms with Crippen molar-refractivity contribution < 1.29 is 0 Å². The molecule has 1 N–H and O–H groups in total. The molecule has 1 rings (SSSR count). The van der Waals surface area contributed by atoms with Crippen LogP contribution in [0.1, 0.15) is 26.0 Å². The van der Waals surface area contributed by atoms with E-state index < -0.39 is 0 Å². The summed E-state index contributed by atoms with van der Waals surface area (Å²) in [5.74, 6) is 0. The maximum Gasteiger partial charge on any atom is 0.0876 e. The van der Waals surface area contributed by atoms with Crippen LogP contribution < -0.4 is 5.32 Å². The van der Waals surface area contributed by atoms with Crippen LogP contribution in [0.25, 0.3) is 5.57 Å². The van der Waals surface area contributed by atoms with E-state index in [1.165, 1.54) is 5.57 Å². The van der Waals surface area contributed by atoms with E-state index in [2.05, 4.69) is 30.3 Å². The average Bonchev–Trinajstić information content (AvgIpc) is 2.59. The molecule has 0 aliphatic carbocycles. The van der Waals surface area contributed by atoms with Gasteiger partial charge >= 0.3 is 0 Å². The van der Waals surface area contributed by atoms with E-state index in [4.69, 9.17) is 0 Å². The smallest absolute Gasteiger partial charge is 0.0876 e. The Bertz CT molecular complexity index is 299. The van der Waals surface area contributed by atoms with Crippen molar-refractivity contribution >= 4 is 5.57 Å². The Morgan fingerprint density at radius 2 is 2.43 bits per heavy atom. The van der Waals surface area contributed by atoms with Gasteiger partial charge in [0.1, 0.15) is 0 Å². The van der Waals surface area contributed by atoms with Gasteiger partial charge < -0.3 is 5.32 Å². The first-order valence-corrected chi connectivity index (χ1v) is 5.11. The number of nitrogens with one attached hydrogen (secondary N) is 1. The predicted octanol–water partition coefficient (Wildman–Crippen LogP) is 1.82. The molecule has 0 saturated heterocycles. The Hall–Kier alpha value is -1.09. The first-order chi connectivity index (χ1) is 6.74. The fourth-order valence-corrected chi connectivity index (χ4v) is 1.30. The van der Waals surface area contributed by atoms with Crippen LogP contribution in [-0.4, -0.2) is 22.9 Å². The normalized spacial score (nSPS) is 12.1. The van der Waals surface area contributed by atoms with Crippen LogP contribution in [0.15, 0.2) is 18.3 Å². The molecule has 1 heterocycles. The topological polar surface area (TPSA) is 29.9 Å². The number of nitrogens with zero attached hydrogens (tertiary/aromatic N) is 2. The molecule has 1 aromatic heterocycles. The molecular weight excluding hydrogens is 174 g/mol. The fraction of sp³-hybridized carbons (Fsp3) is 0.545. The lowest BCUT2D eigenvalue weighted by atomic mass is 10.2. The van der Waals surface area contributed by atoms with Crippen molar-refractivity contribution in [3.05, 3.63) is 24.0 Å². The summed E-state index contributed by atoms with van der Waals surface area (Å²) in [6.07, 6.45) is 5.26. The quantitative estimate of drug-likeness (QED) is 0.723. The summed E-state index contributed by atoms with van der Waals surface area (Å²) >= 11 is 0. The molecule has 0 radical (unpaired) electrons. The Kier molecular flexibility index (Phi) is 4.40. The minimum absolute atomic E-state index is 1.04. The molecule has 78 valence electrons. The molecule has 0 atom stereocenters. The molecular formula is C11H19N3. The van der Waals surface area contributed by atoms with Crippen LogP contribution in [0.5, 0.6) is 0 Å². The number of rotatable bonds is 5. The zero-order valence-electron chi connectivity index (χ0n) is 9.25. The summed E-state index contributed by atoms with van der Waals surface area (Å²) in [6.45, 7) is 6.31. The van der Waals surface area contributed by atoms with Gasteiger partial charge in [0.2, 0.25) is 0 Å². The van der Waals surface area contributed by atoms with Crippen LogP contribution in [0, 0.1) is 0 Å². The molecule has 0 spiro atoms. The monoisotopic (exact) mass is 193 g/mol. The van der Waals surface area contributed by atoms with Crippen LogP contribution in [0.2, 0.25) is 0 Å². The predicted molar refractivity (Wildman–Crippen MR) is 60.0 cm³/mol. The van der Waals surface area contributed by atoms with Crippen LogP contribution >= 0.6 is 0 Å². The zero-order valence-corrected chi connectivity index (χ0v) is 9.25. The molecule has 3 heteroatoms. The maximum atomic E-state index is 4.34. The average molecular weight is 193 g/mol. The van der Waals surface area contributed by atoms with Crippen molar-refractivity contribution in [1.82, 2.24) is 15.1 Å². The SMILES string of the molecule is CCNCC/C=C(/C)c1ccn(C)n1. The second kappa shape index (κ2) is 5.60. The molecule has 0 fully saturated rings. The molecule has 0 saturated carbocycles. The van der Waals surface area contributed by atoms with E-state index in [9.17, 15) is 0 Å². The van der Waals surface area contributed by atoms with Gasteiger partial charge in [0.25, 0.3) is 0 Å². The van der Waals surface area contributed by atoms with Crippen molar-refractivity contribution in [3.63, 3.8) is 0 Å². The number of hydrogen-bond donors (Lipinski definition) is 1. The van der Waals surface area contributed by atoms with E-state index in [1.54, 1.807) is 0 Å². The third-order valence-electron chi connectivity index (χ3n) is 2.14. The Balaban J connectivity index is 2.44. The molecule has 14 heavy (non-hydrogen) atoms. The number of aryl methyl sites for hydroxylation is 1. The Morgan fingerprint density at radius 1 is 1.64 bits per heavy atom. The van der Waals surface area contributed by atoms with Gasteiger partial charge in [0.05, 0.1) is 5.69 Å². The van der Waals surface area contributed by atoms with Crippen molar-refractivity contribution in [3.8, 4) is 0 Å². The third-order valence-corrected chi connectivity index (χ3v) is 2.14. The van der Waals surface area contributed by atoms with Gasteiger partial charge in [-0.15, -0.1) is 0 Å². The van der Waals surface area contributed by atoms with Gasteiger partial charge in [-0.1, -0.05) is 13.0 Å². The van der Waals surface area contributed by atoms with Gasteiger partial charge in [-0.25, -0.2) is 0 Å². The third kappa shape index (κ3) is 3.34. The summed E-state index contributed by atoms with van der Waals surface area (Å²) in [4.78, 5) is 0. The molecule has 0 aromatic carbocycles. The van der Waals surface area contributed by atoms with E-state index >= 15 is 0 Å². The van der Waals surface area contributed by atoms with Crippen molar-refractivity contribution in [2.75, 3.05) is 13.1 Å². The lowest BCUT2D eigenvalue weighted by Gasteiger charge is -1.98. The van der Waals surface area contributed by atoms with E-state index in [-0.39, 0.29) is 0 Å². The highest BCUT2D eigenvalue weighted by Gasteiger charge is 1.97. The summed E-state index contributed by atoms with van der Waals surface area (Å²) < 4.78 is 1.83. The second-order valence-corrected chi connectivity index (χ2v) is 3.40. The minimum Gasteiger partial charge on any atom is -0.317 e. The summed E-state index contributed by atoms with van der Waals surface area (Å²) in [5.41, 5.74) is 2.33. The minimum atomic E-state index is 1.04. The Morgan fingerprint density at radius 3 is 3.00 bits per heavy atom. The van der Waals surface area contributed by atoms with E-state index in [0.29, 0.717) is 0 Å². The maximum absolute atomic E-state index is 4.34. The Labute approximate surface area is 85.8 Å². The molecule has 0 aliphatic rings. The van der Waals surface area contributed by atoms with E-state index in [0.717, 1.165) is 25.2 Å². The van der Waals surface area contributed by atoms with Crippen LogP contribution in [0.3, 0.4) is 0 Å². The standard InChI is InChI=1S/C11H19N3/c1-4-12-8-5-6-10(2)11-7-9-14(3)13-11/h6-7,9,12H,4-5,8H2,1-3H3/b10-6-. The first-order valence-electron chi connectivity index (χ1n) is 5.11. The molecule has 0 aliphatic heterocycles. The fourth-order valence-electron chi connectivity index (χ4n) is 1.30. The number of aromatic nitrogens is 2. The van der Waals surface area contributed by atoms with Gasteiger partial charge in [0.15, 0.2) is 0 Å². The first kappa shape index (κ1) is 11.0. The van der Waals surface area contributed by atoms with Gasteiger partial charge in [-0.2, -0.15) is 5.10 Å². The summed E-state index contributed by atoms with van der Waals surface area (Å²) in [7, 11) is 1.94. The largest absolute Gasteiger partial charge is 0.317 e. The molecule has 3 nitrogen and oxygen atoms in total. The van der Waals surface area contributed by atoms with Gasteiger partial charge in [0, 0.05) is 13.2 Å². The van der Waals surface area contributed by atoms with E-state index in [1.807, 2.05) is 24.0 Å². The zero-order chi connectivity index (χ0) is 10.4. The lowest BCUT2D eigenvalue weighted by Crippen LogP contribution is -2.13. The summed E-state index contributed by atoms with van der Waals surface area (Å²) in [6, 6.07) is 2.04. The van der Waals surface area contributed by atoms with Crippen molar-refractivity contribution in [1.29, 1.82) is 0 Å². The second-order valence-electron chi connectivity index (χ2n) is 3.40. The highest BCUT2D eigenvalue weighted by Crippen LogP contribution is 2.10. The molecule has 0 amide bonds. The van der Waals surface area contributed by atoms with Crippen molar-refractivity contribution in [2.24, 2.45) is 7.05 Å². The highest BCUT2D eigenvalue weighted by atomic mass is 15.2. The summed E-state index contributed by atoms with van der Waals surface area (Å²) in [5, 5.41) is 7.63. The lowest BCUT2D eigenvalue weighted by molar-refractivity contribution is 0.726. The molecule has 0 bridgehead atoms. The number of allylic oxidation sites excluding steroid dienone is 1. The van der Waals surface area contributed by atoms with Crippen LogP contribution in [0.4, 0.5) is 0 Å². The molecule has 0 unspecified atom stereocenters. The van der Waals surface area contributed by atoms with Gasteiger partial charge in [-0.3, -0.25) is 4.68 Å². The van der Waals surface area contributed by atoms with Crippen LogP contribution in [-0.2, 0) is 7.05 Å². The molecule has 1 aromatic rings. The van der Waals surface area contributed by atoms with Crippen molar-refractivity contribution in [2.45, 2.75) is 20.3 Å². The number of hydrogen-bond acceptors (Lipinski definition) is 2.